The first-order valence-electron chi connectivity index (χ1n) is 5.95. The molecular weight excluding hydrogens is 287 g/mol. The molecule has 21 heavy (non-hydrogen) atoms. The van der Waals surface area contributed by atoms with E-state index in [1.54, 1.807) is 4.98 Å². The van der Waals surface area contributed by atoms with Gasteiger partial charge in [-0.2, -0.15) is 4.39 Å². The summed E-state index contributed by atoms with van der Waals surface area (Å²) in [6, 6.07) is 0. The molecule has 2 rings (SSSR count). The Bertz CT molecular complexity index is 705. The Morgan fingerprint density at radius 1 is 1.62 bits per heavy atom. The van der Waals surface area contributed by atoms with Crippen LogP contribution in [0.25, 0.3) is 0 Å². The third-order valence-electron chi connectivity index (χ3n) is 3.31. The topological polar surface area (TPSA) is 125 Å². The zero-order valence-corrected chi connectivity index (χ0v) is 10.9. The van der Waals surface area contributed by atoms with E-state index in [2.05, 4.69) is 0 Å². The van der Waals surface area contributed by atoms with Crippen molar-refractivity contribution in [1.82, 2.24) is 9.55 Å². The van der Waals surface area contributed by atoms with Crippen LogP contribution in [0, 0.1) is 18.2 Å². The van der Waals surface area contributed by atoms with Gasteiger partial charge >= 0.3 is 5.69 Å². The van der Waals surface area contributed by atoms with Crippen LogP contribution in [0.4, 0.5) is 4.39 Å². The average Bonchev–Trinajstić information content (AvgIpc) is 2.68. The van der Waals surface area contributed by atoms with Crippen molar-refractivity contribution < 1.29 is 24.4 Å². The number of nitrogens with zero attached hydrogens (tertiary/aromatic N) is 1. The molecule has 9 heteroatoms. The van der Waals surface area contributed by atoms with E-state index in [-0.39, 0.29) is 0 Å². The summed E-state index contributed by atoms with van der Waals surface area (Å²) in [6.45, 7) is 1.28. The molecule has 114 valence electrons. The molecule has 0 amide bonds. The molecule has 1 unspecified atom stereocenters. The van der Waals surface area contributed by atoms with Crippen molar-refractivity contribution in [3.63, 3.8) is 0 Å². The maximum absolute atomic E-state index is 13.3. The first-order chi connectivity index (χ1) is 9.72. The number of ether oxygens (including phenoxy) is 1. The van der Waals surface area contributed by atoms with E-state index in [0.29, 0.717) is 10.8 Å². The van der Waals surface area contributed by atoms with E-state index in [4.69, 9.17) is 11.2 Å². The zero-order valence-electron chi connectivity index (χ0n) is 10.9. The number of halogens is 1. The molecule has 8 nitrogen and oxygen atoms in total. The van der Waals surface area contributed by atoms with E-state index < -0.39 is 47.2 Å². The Morgan fingerprint density at radius 2 is 2.24 bits per heavy atom. The van der Waals surface area contributed by atoms with Crippen molar-refractivity contribution in [1.29, 1.82) is 0 Å². The molecule has 1 saturated heterocycles. The lowest BCUT2D eigenvalue weighted by molar-refractivity contribution is -0.0887. The Morgan fingerprint density at radius 3 is 2.76 bits per heavy atom. The fourth-order valence-corrected chi connectivity index (χ4v) is 2.17. The predicted molar refractivity (Wildman–Crippen MR) is 66.7 cm³/mol. The Balaban J connectivity index is 2.58. The van der Waals surface area contributed by atoms with Crippen molar-refractivity contribution >= 4 is 0 Å². The molecule has 0 radical (unpaired) electrons. The molecule has 4 N–H and O–H groups in total. The monoisotopic (exact) mass is 300 g/mol. The summed E-state index contributed by atoms with van der Waals surface area (Å²) in [5, 5.41) is 29.8. The average molecular weight is 300 g/mol. The molecule has 0 bridgehead atoms. The molecule has 1 fully saturated rings. The second-order valence-corrected chi connectivity index (χ2v) is 4.75. The van der Waals surface area contributed by atoms with Crippen LogP contribution in [0.15, 0.2) is 15.8 Å². The second-order valence-electron chi connectivity index (χ2n) is 4.75. The summed E-state index contributed by atoms with van der Waals surface area (Å²) in [5.41, 5.74) is -4.71. The largest absolute Gasteiger partial charge is 0.391 e. The summed E-state index contributed by atoms with van der Waals surface area (Å²) in [5.74, 6) is 0.581. The van der Waals surface area contributed by atoms with Crippen LogP contribution >= 0.6 is 0 Å². The smallest absolute Gasteiger partial charge is 0.330 e. The van der Waals surface area contributed by atoms with Crippen LogP contribution in [0.2, 0.25) is 0 Å². The minimum atomic E-state index is -2.38. The van der Waals surface area contributed by atoms with Gasteiger partial charge in [0.25, 0.3) is 5.56 Å². The molecular formula is C12H13FN2O6. The number of rotatable bonds is 2. The highest BCUT2D eigenvalue weighted by Gasteiger charge is 2.57. The highest BCUT2D eigenvalue weighted by molar-refractivity contribution is 5.20. The van der Waals surface area contributed by atoms with Crippen LogP contribution in [0.1, 0.15) is 13.2 Å². The van der Waals surface area contributed by atoms with Gasteiger partial charge in [0.05, 0.1) is 12.3 Å². The molecule has 0 aliphatic carbocycles. The lowest BCUT2D eigenvalue weighted by atomic mass is 9.93. The number of aliphatic hydroxyl groups is 3. The van der Waals surface area contributed by atoms with E-state index in [0.717, 1.165) is 0 Å². The van der Waals surface area contributed by atoms with Gasteiger partial charge in [0.2, 0.25) is 5.82 Å². The maximum Gasteiger partial charge on any atom is 0.330 e. The lowest BCUT2D eigenvalue weighted by Gasteiger charge is -2.26. The quantitative estimate of drug-likeness (QED) is 0.454. The molecule has 0 saturated carbocycles. The van der Waals surface area contributed by atoms with Gasteiger partial charge in [-0.25, -0.2) is 4.79 Å². The van der Waals surface area contributed by atoms with Crippen molar-refractivity contribution in [3.05, 3.63) is 32.9 Å². The van der Waals surface area contributed by atoms with Gasteiger partial charge in [-0.1, -0.05) is 5.92 Å². The number of hydrogen-bond acceptors (Lipinski definition) is 6. The molecule has 1 aliphatic heterocycles. The Kier molecular flexibility index (Phi) is 3.73. The Hall–Kier alpha value is -1.99. The van der Waals surface area contributed by atoms with E-state index in [1.807, 2.05) is 5.92 Å². The van der Waals surface area contributed by atoms with Crippen molar-refractivity contribution in [3.8, 4) is 12.3 Å². The van der Waals surface area contributed by atoms with Gasteiger partial charge in [0.15, 0.2) is 11.8 Å². The van der Waals surface area contributed by atoms with Gasteiger partial charge in [0.1, 0.15) is 12.2 Å². The number of terminal acetylenes is 1. The first-order valence-corrected chi connectivity index (χ1v) is 5.95. The number of H-pyrrole nitrogens is 1. The van der Waals surface area contributed by atoms with E-state index in [9.17, 15) is 29.3 Å². The van der Waals surface area contributed by atoms with Crippen LogP contribution in [0.3, 0.4) is 0 Å². The summed E-state index contributed by atoms with van der Waals surface area (Å²) in [7, 11) is 0. The van der Waals surface area contributed by atoms with Gasteiger partial charge in [0, 0.05) is 0 Å². The molecule has 1 aliphatic rings. The number of aromatic amines is 1. The normalized spacial score (nSPS) is 33.6. The molecule has 1 aromatic heterocycles. The summed E-state index contributed by atoms with van der Waals surface area (Å²) < 4.78 is 19.0. The van der Waals surface area contributed by atoms with Gasteiger partial charge in [-0.15, -0.1) is 6.42 Å². The summed E-state index contributed by atoms with van der Waals surface area (Å²) in [4.78, 5) is 24.4. The van der Waals surface area contributed by atoms with Crippen molar-refractivity contribution in [2.45, 2.75) is 37.1 Å². The van der Waals surface area contributed by atoms with E-state index >= 15 is 0 Å². The van der Waals surface area contributed by atoms with Gasteiger partial charge in [-0.05, 0) is 6.92 Å². The van der Waals surface area contributed by atoms with Crippen molar-refractivity contribution in [2.75, 3.05) is 0 Å². The van der Waals surface area contributed by atoms with Crippen molar-refractivity contribution in [2.24, 2.45) is 0 Å². The predicted octanol–water partition coefficient (Wildman–Crippen LogP) is -2.32. The lowest BCUT2D eigenvalue weighted by Crippen LogP contribution is -2.49. The van der Waals surface area contributed by atoms with Gasteiger partial charge < -0.3 is 20.1 Å². The van der Waals surface area contributed by atoms with Crippen LogP contribution < -0.4 is 11.2 Å². The second kappa shape index (κ2) is 5.09. The highest BCUT2D eigenvalue weighted by atomic mass is 19.1. The number of aromatic nitrogens is 2. The summed E-state index contributed by atoms with van der Waals surface area (Å²) >= 11 is 0. The fraction of sp³-hybridized carbons (Fsp3) is 0.500. The SMILES string of the molecule is C#C[C@@]1(O)C(O)[C@@H]([C@@H](C)O)O[C@H]1n1cc(F)c(=O)[nH]c1=O. The number of hydrogen-bond donors (Lipinski definition) is 4. The molecule has 1 aromatic rings. The third kappa shape index (κ3) is 2.28. The maximum atomic E-state index is 13.3. The highest BCUT2D eigenvalue weighted by Crippen LogP contribution is 2.38. The van der Waals surface area contributed by atoms with Crippen LogP contribution in [-0.4, -0.2) is 48.8 Å². The number of aliphatic hydroxyl groups excluding tert-OH is 2. The molecule has 5 atom stereocenters. The van der Waals surface area contributed by atoms with E-state index in [1.165, 1.54) is 6.92 Å². The molecule has 0 aromatic carbocycles. The zero-order chi connectivity index (χ0) is 15.9. The molecule has 0 spiro atoms. The standard InChI is InChI=1S/C12H13FN2O6/c1-3-12(20)8(17)7(5(2)16)21-10(12)15-4-6(13)9(18)14-11(15)19/h1,4-5,7-8,10,16-17,20H,2H3,(H,14,18,19)/t5-,7-,8?,10-,12-/m1/s1. The minimum absolute atomic E-state index is 0.505. The number of nitrogens with one attached hydrogen (secondary N) is 1. The Labute approximate surface area is 117 Å². The fourth-order valence-electron chi connectivity index (χ4n) is 2.17. The van der Waals surface area contributed by atoms with Crippen LogP contribution in [0.5, 0.6) is 0 Å². The van der Waals surface area contributed by atoms with Gasteiger partial charge in [-0.3, -0.25) is 14.3 Å². The van der Waals surface area contributed by atoms with Crippen LogP contribution in [-0.2, 0) is 4.74 Å². The minimum Gasteiger partial charge on any atom is -0.391 e. The first kappa shape index (κ1) is 15.4. The third-order valence-corrected chi connectivity index (χ3v) is 3.31. The summed E-state index contributed by atoms with van der Waals surface area (Å²) in [6.07, 6.45) is -0.223. The molecule has 2 heterocycles.